The molecule has 1 fully saturated rings. The first-order valence-corrected chi connectivity index (χ1v) is 8.65. The van der Waals surface area contributed by atoms with Crippen LogP contribution in [0.2, 0.25) is 0 Å². The summed E-state index contributed by atoms with van der Waals surface area (Å²) < 4.78 is 28.8. The summed E-state index contributed by atoms with van der Waals surface area (Å²) >= 11 is 0. The predicted octanol–water partition coefficient (Wildman–Crippen LogP) is 1.39. The molecule has 7 heteroatoms. The molecule has 0 saturated carbocycles. The van der Waals surface area contributed by atoms with Crippen LogP contribution in [-0.2, 0) is 9.84 Å². The van der Waals surface area contributed by atoms with Crippen LogP contribution < -0.4 is 15.8 Å². The molecule has 0 spiro atoms. The van der Waals surface area contributed by atoms with E-state index in [9.17, 15) is 8.42 Å². The van der Waals surface area contributed by atoms with Crippen LogP contribution in [0.4, 0.5) is 5.69 Å². The van der Waals surface area contributed by atoms with Gasteiger partial charge in [-0.2, -0.15) is 0 Å². The molecule has 3 N–H and O–H groups in total. The van der Waals surface area contributed by atoms with Crippen molar-refractivity contribution in [2.45, 2.75) is 24.5 Å². The quantitative estimate of drug-likeness (QED) is 0.647. The number of nitrogens with one attached hydrogen (secondary N) is 1. The Hall–Kier alpha value is -1.76. The fourth-order valence-electron chi connectivity index (χ4n) is 2.29. The summed E-state index contributed by atoms with van der Waals surface area (Å²) in [6.07, 6.45) is 2.36. The smallest absolute Gasteiger partial charge is 0.193 e. The molecule has 1 unspecified atom stereocenters. The molecule has 0 bridgehead atoms. The molecule has 0 aromatic heterocycles. The number of sulfone groups is 1. The van der Waals surface area contributed by atoms with Gasteiger partial charge in [0.2, 0.25) is 0 Å². The van der Waals surface area contributed by atoms with Crippen LogP contribution in [0.5, 0.6) is 5.75 Å². The second-order valence-electron chi connectivity index (χ2n) is 5.06. The van der Waals surface area contributed by atoms with Crippen molar-refractivity contribution >= 4 is 21.5 Å². The van der Waals surface area contributed by atoms with Crippen molar-refractivity contribution in [2.24, 2.45) is 10.7 Å². The van der Waals surface area contributed by atoms with E-state index in [1.165, 1.54) is 0 Å². The number of nitrogens with zero attached hydrogens (tertiary/aromatic N) is 1. The standard InChI is InChI=1S/C14H21N3O3S/c1-20-12-7-5-11(6-8-12)17-14(15)16-10-13-4-2-3-9-21(13,18)19/h5-8,13H,2-4,9-10H2,1H3,(H3,15,16,17). The zero-order valence-electron chi connectivity index (χ0n) is 12.1. The minimum absolute atomic E-state index is 0.220. The van der Waals surface area contributed by atoms with Gasteiger partial charge in [-0.3, -0.25) is 4.99 Å². The lowest BCUT2D eigenvalue weighted by atomic mass is 10.2. The number of benzene rings is 1. The third kappa shape index (κ3) is 4.35. The van der Waals surface area contributed by atoms with E-state index in [0.717, 1.165) is 24.3 Å². The summed E-state index contributed by atoms with van der Waals surface area (Å²) in [6.45, 7) is 0.220. The van der Waals surface area contributed by atoms with Crippen molar-refractivity contribution in [3.05, 3.63) is 24.3 Å². The average Bonchev–Trinajstić information content (AvgIpc) is 2.46. The Balaban J connectivity index is 1.94. The minimum atomic E-state index is -3.01. The molecule has 1 aliphatic rings. The topological polar surface area (TPSA) is 93.8 Å². The highest BCUT2D eigenvalue weighted by Gasteiger charge is 2.28. The summed E-state index contributed by atoms with van der Waals surface area (Å²) in [6, 6.07) is 7.25. The van der Waals surface area contributed by atoms with Crippen molar-refractivity contribution in [1.82, 2.24) is 0 Å². The SMILES string of the molecule is COc1ccc(NC(N)=NCC2CCCCS2(=O)=O)cc1. The summed E-state index contributed by atoms with van der Waals surface area (Å²) in [4.78, 5) is 4.15. The van der Waals surface area contributed by atoms with Crippen LogP contribution in [0.25, 0.3) is 0 Å². The highest BCUT2D eigenvalue weighted by atomic mass is 32.2. The monoisotopic (exact) mass is 311 g/mol. The molecule has 1 heterocycles. The molecular formula is C14H21N3O3S. The van der Waals surface area contributed by atoms with E-state index >= 15 is 0 Å². The van der Waals surface area contributed by atoms with Gasteiger partial charge in [-0.05, 0) is 37.1 Å². The molecule has 1 aromatic rings. The van der Waals surface area contributed by atoms with E-state index in [1.54, 1.807) is 19.2 Å². The van der Waals surface area contributed by atoms with E-state index in [0.29, 0.717) is 6.42 Å². The largest absolute Gasteiger partial charge is 0.497 e. The normalized spacial score (nSPS) is 21.8. The molecule has 21 heavy (non-hydrogen) atoms. The Morgan fingerprint density at radius 1 is 1.38 bits per heavy atom. The summed E-state index contributed by atoms with van der Waals surface area (Å²) in [7, 11) is -1.41. The predicted molar refractivity (Wildman–Crippen MR) is 84.5 cm³/mol. The van der Waals surface area contributed by atoms with Gasteiger partial charge < -0.3 is 15.8 Å². The maximum atomic E-state index is 11.9. The number of guanidine groups is 1. The van der Waals surface area contributed by atoms with Crippen molar-refractivity contribution in [1.29, 1.82) is 0 Å². The highest BCUT2D eigenvalue weighted by Crippen LogP contribution is 2.20. The van der Waals surface area contributed by atoms with Gasteiger partial charge in [-0.1, -0.05) is 6.42 Å². The molecule has 1 saturated heterocycles. The summed E-state index contributed by atoms with van der Waals surface area (Å²) in [5, 5.41) is 2.54. The second-order valence-corrected chi connectivity index (χ2v) is 7.46. The molecule has 0 aliphatic carbocycles. The van der Waals surface area contributed by atoms with Crippen LogP contribution in [0, 0.1) is 0 Å². The van der Waals surface area contributed by atoms with Crippen molar-refractivity contribution in [3.8, 4) is 5.75 Å². The third-order valence-corrected chi connectivity index (χ3v) is 5.80. The first kappa shape index (κ1) is 15.6. The number of methoxy groups -OCH3 is 1. The average molecular weight is 311 g/mol. The fourth-order valence-corrected chi connectivity index (χ4v) is 4.06. The lowest BCUT2D eigenvalue weighted by molar-refractivity contribution is 0.415. The second kappa shape index (κ2) is 6.80. The summed E-state index contributed by atoms with van der Waals surface area (Å²) in [5.74, 6) is 1.24. The lowest BCUT2D eigenvalue weighted by Gasteiger charge is -2.20. The number of nitrogens with two attached hydrogens (primary N) is 1. The van der Waals surface area contributed by atoms with Crippen LogP contribution in [0.1, 0.15) is 19.3 Å². The van der Waals surface area contributed by atoms with Gasteiger partial charge in [0.25, 0.3) is 0 Å². The molecule has 0 amide bonds. The Morgan fingerprint density at radius 2 is 2.10 bits per heavy atom. The molecule has 1 atom stereocenters. The van der Waals surface area contributed by atoms with Gasteiger partial charge in [-0.15, -0.1) is 0 Å². The molecule has 0 radical (unpaired) electrons. The zero-order chi connectivity index (χ0) is 15.3. The van der Waals surface area contributed by atoms with Crippen LogP contribution in [-0.4, -0.2) is 39.0 Å². The van der Waals surface area contributed by atoms with Gasteiger partial charge in [-0.25, -0.2) is 8.42 Å². The number of anilines is 1. The number of hydrogen-bond acceptors (Lipinski definition) is 4. The minimum Gasteiger partial charge on any atom is -0.497 e. The van der Waals surface area contributed by atoms with Gasteiger partial charge in [0.1, 0.15) is 5.75 Å². The Bertz CT molecular complexity index is 596. The number of aliphatic imine (C=N–C) groups is 1. The van der Waals surface area contributed by atoms with Gasteiger partial charge in [0, 0.05) is 5.69 Å². The van der Waals surface area contributed by atoms with E-state index in [1.807, 2.05) is 12.1 Å². The lowest BCUT2D eigenvalue weighted by Crippen LogP contribution is -2.32. The van der Waals surface area contributed by atoms with Gasteiger partial charge >= 0.3 is 0 Å². The number of ether oxygens (including phenoxy) is 1. The molecule has 1 aliphatic heterocycles. The van der Waals surface area contributed by atoms with E-state index in [2.05, 4.69) is 10.3 Å². The maximum absolute atomic E-state index is 11.9. The van der Waals surface area contributed by atoms with Crippen LogP contribution >= 0.6 is 0 Å². The van der Waals surface area contributed by atoms with Gasteiger partial charge in [0.15, 0.2) is 15.8 Å². The third-order valence-electron chi connectivity index (χ3n) is 3.54. The molecular weight excluding hydrogens is 290 g/mol. The maximum Gasteiger partial charge on any atom is 0.193 e. The molecule has 1 aromatic carbocycles. The van der Waals surface area contributed by atoms with Crippen molar-refractivity contribution in [3.63, 3.8) is 0 Å². The Kier molecular flexibility index (Phi) is 5.06. The van der Waals surface area contributed by atoms with Gasteiger partial charge in [0.05, 0.1) is 24.7 Å². The zero-order valence-corrected chi connectivity index (χ0v) is 12.9. The van der Waals surface area contributed by atoms with E-state index in [-0.39, 0.29) is 18.3 Å². The molecule has 116 valence electrons. The molecule has 6 nitrogen and oxygen atoms in total. The van der Waals surface area contributed by atoms with Crippen molar-refractivity contribution < 1.29 is 13.2 Å². The van der Waals surface area contributed by atoms with Crippen LogP contribution in [0.3, 0.4) is 0 Å². The van der Waals surface area contributed by atoms with E-state index < -0.39 is 15.1 Å². The highest BCUT2D eigenvalue weighted by molar-refractivity contribution is 7.92. The Labute approximate surface area is 125 Å². The fraction of sp³-hybridized carbons (Fsp3) is 0.500. The van der Waals surface area contributed by atoms with E-state index in [4.69, 9.17) is 10.5 Å². The Morgan fingerprint density at radius 3 is 2.71 bits per heavy atom. The number of rotatable bonds is 4. The van der Waals surface area contributed by atoms with Crippen molar-refractivity contribution in [2.75, 3.05) is 24.7 Å². The number of hydrogen-bond donors (Lipinski definition) is 2. The summed E-state index contributed by atoms with van der Waals surface area (Å²) in [5.41, 5.74) is 6.58. The molecule has 2 rings (SSSR count). The first-order chi connectivity index (χ1) is 10.0. The first-order valence-electron chi connectivity index (χ1n) is 6.94. The van der Waals surface area contributed by atoms with Crippen LogP contribution in [0.15, 0.2) is 29.3 Å².